The molecule has 1 aromatic rings. The smallest absolute Gasteiger partial charge is 0.253 e. The average molecular weight is 393 g/mol. The van der Waals surface area contributed by atoms with Crippen molar-refractivity contribution in [3.05, 3.63) is 29.8 Å². The summed E-state index contributed by atoms with van der Waals surface area (Å²) in [6, 6.07) is 6.43. The zero-order chi connectivity index (χ0) is 18.9. The fourth-order valence-corrected chi connectivity index (χ4v) is 5.84. The number of nitrogens with one attached hydrogen (secondary N) is 1. The molecule has 3 aliphatic rings. The molecule has 2 aliphatic heterocycles. The van der Waals surface area contributed by atoms with E-state index in [2.05, 4.69) is 4.72 Å². The summed E-state index contributed by atoms with van der Waals surface area (Å²) in [6.45, 7) is 3.24. The summed E-state index contributed by atoms with van der Waals surface area (Å²) in [7, 11) is -3.63. The lowest BCUT2D eigenvalue weighted by Gasteiger charge is -2.23. The molecule has 0 aromatic heterocycles. The van der Waals surface area contributed by atoms with Crippen LogP contribution in [0.15, 0.2) is 29.2 Å². The maximum atomic E-state index is 12.9. The van der Waals surface area contributed by atoms with E-state index in [1.165, 1.54) is 31.7 Å². The Morgan fingerprint density at radius 3 is 2.81 bits per heavy atom. The number of hydrogen-bond acceptors (Lipinski definition) is 4. The molecule has 148 valence electrons. The summed E-state index contributed by atoms with van der Waals surface area (Å²) in [5.74, 6) is 0.164. The lowest BCUT2D eigenvalue weighted by Crippen LogP contribution is -2.32. The molecule has 1 aromatic carbocycles. The number of hydrogen-bond donors (Lipinski definition) is 1. The van der Waals surface area contributed by atoms with Crippen molar-refractivity contribution in [1.29, 1.82) is 0 Å². The monoisotopic (exact) mass is 392 g/mol. The Kier molecular flexibility index (Phi) is 5.27. The normalized spacial score (nSPS) is 24.7. The molecule has 7 heteroatoms. The van der Waals surface area contributed by atoms with E-state index in [9.17, 15) is 13.2 Å². The predicted octanol–water partition coefficient (Wildman–Crippen LogP) is 2.41. The van der Waals surface area contributed by atoms with Crippen LogP contribution in [0.25, 0.3) is 0 Å². The minimum atomic E-state index is -3.63. The number of carbonyl (C=O) groups excluding carboxylic acids is 1. The van der Waals surface area contributed by atoms with E-state index in [1.807, 2.05) is 4.90 Å². The SMILES string of the molecule is O=C(c1cccc(S(=O)(=O)NCC2CCOC2)c1)N1CCC2(CCCC2)C1. The van der Waals surface area contributed by atoms with Crippen molar-refractivity contribution in [3.63, 3.8) is 0 Å². The van der Waals surface area contributed by atoms with Crippen molar-refractivity contribution in [2.24, 2.45) is 11.3 Å². The molecule has 1 N–H and O–H groups in total. The lowest BCUT2D eigenvalue weighted by molar-refractivity contribution is 0.0773. The second-order valence-corrected chi connectivity index (χ2v) is 10.1. The number of likely N-dealkylation sites (tertiary alicyclic amines) is 1. The zero-order valence-electron chi connectivity index (χ0n) is 15.7. The molecule has 4 rings (SSSR count). The van der Waals surface area contributed by atoms with Crippen molar-refractivity contribution in [2.45, 2.75) is 43.4 Å². The maximum absolute atomic E-state index is 12.9. The standard InChI is InChI=1S/C20H28N2O4S/c23-19(22-10-9-20(15-22)7-1-2-8-20)17-4-3-5-18(12-17)27(24,25)21-13-16-6-11-26-14-16/h3-5,12,16,21H,1-2,6-11,13-15H2. The molecular weight excluding hydrogens is 364 g/mol. The quantitative estimate of drug-likeness (QED) is 0.835. The van der Waals surface area contributed by atoms with Gasteiger partial charge in [0, 0.05) is 31.8 Å². The highest BCUT2D eigenvalue weighted by Gasteiger charge is 2.41. The van der Waals surface area contributed by atoms with Crippen LogP contribution in [0.5, 0.6) is 0 Å². The number of sulfonamides is 1. The van der Waals surface area contributed by atoms with Crippen LogP contribution >= 0.6 is 0 Å². The van der Waals surface area contributed by atoms with Crippen molar-refractivity contribution in [3.8, 4) is 0 Å². The van der Waals surface area contributed by atoms with Crippen molar-refractivity contribution >= 4 is 15.9 Å². The summed E-state index contributed by atoms with van der Waals surface area (Å²) < 4.78 is 33.2. The molecule has 1 atom stereocenters. The highest BCUT2D eigenvalue weighted by molar-refractivity contribution is 7.89. The number of carbonyl (C=O) groups is 1. The minimum Gasteiger partial charge on any atom is -0.381 e. The van der Waals surface area contributed by atoms with Crippen LogP contribution in [0, 0.1) is 11.3 Å². The van der Waals surface area contributed by atoms with E-state index in [4.69, 9.17) is 4.74 Å². The molecular formula is C20H28N2O4S. The van der Waals surface area contributed by atoms with Crippen LogP contribution in [0.3, 0.4) is 0 Å². The molecule has 3 fully saturated rings. The number of rotatable bonds is 5. The first-order chi connectivity index (χ1) is 13.0. The Labute approximate surface area is 161 Å². The minimum absolute atomic E-state index is 0.0555. The van der Waals surface area contributed by atoms with Crippen LogP contribution in [-0.4, -0.2) is 52.1 Å². The third kappa shape index (κ3) is 4.05. The van der Waals surface area contributed by atoms with Crippen LogP contribution in [0.2, 0.25) is 0 Å². The first kappa shape index (κ1) is 18.9. The Hall–Kier alpha value is -1.44. The van der Waals surface area contributed by atoms with Crippen LogP contribution in [0.1, 0.15) is 48.9 Å². The fraction of sp³-hybridized carbons (Fsp3) is 0.650. The van der Waals surface area contributed by atoms with Crippen molar-refractivity contribution in [1.82, 2.24) is 9.62 Å². The fourth-order valence-electron chi connectivity index (χ4n) is 4.68. The van der Waals surface area contributed by atoms with Gasteiger partial charge in [-0.2, -0.15) is 0 Å². The van der Waals surface area contributed by atoms with Gasteiger partial charge in [-0.15, -0.1) is 0 Å². The summed E-state index contributed by atoms with van der Waals surface area (Å²) in [5, 5.41) is 0. The first-order valence-corrected chi connectivity index (χ1v) is 11.4. The molecule has 6 nitrogen and oxygen atoms in total. The second kappa shape index (κ2) is 7.53. The first-order valence-electron chi connectivity index (χ1n) is 9.94. The molecule has 2 heterocycles. The summed E-state index contributed by atoms with van der Waals surface area (Å²) in [4.78, 5) is 15.0. The van der Waals surface area contributed by atoms with Gasteiger partial charge in [0.1, 0.15) is 0 Å². The third-order valence-corrected chi connectivity index (χ3v) is 7.79. The molecule has 0 radical (unpaired) electrons. The largest absolute Gasteiger partial charge is 0.381 e. The zero-order valence-corrected chi connectivity index (χ0v) is 16.5. The van der Waals surface area contributed by atoms with E-state index in [0.29, 0.717) is 30.7 Å². The van der Waals surface area contributed by atoms with Crippen molar-refractivity contribution in [2.75, 3.05) is 32.8 Å². The molecule has 1 saturated carbocycles. The molecule has 0 bridgehead atoms. The molecule has 1 aliphatic carbocycles. The number of amides is 1. The van der Waals surface area contributed by atoms with Gasteiger partial charge >= 0.3 is 0 Å². The summed E-state index contributed by atoms with van der Waals surface area (Å²) in [5.41, 5.74) is 0.765. The van der Waals surface area contributed by atoms with Gasteiger partial charge < -0.3 is 9.64 Å². The van der Waals surface area contributed by atoms with Gasteiger partial charge in [-0.1, -0.05) is 18.9 Å². The highest BCUT2D eigenvalue weighted by atomic mass is 32.2. The number of benzene rings is 1. The number of nitrogens with zero attached hydrogens (tertiary/aromatic N) is 1. The molecule has 1 unspecified atom stereocenters. The van der Waals surface area contributed by atoms with Gasteiger partial charge in [0.25, 0.3) is 5.91 Å². The van der Waals surface area contributed by atoms with Gasteiger partial charge in [0.2, 0.25) is 10.0 Å². The van der Waals surface area contributed by atoms with E-state index < -0.39 is 10.0 Å². The van der Waals surface area contributed by atoms with Gasteiger partial charge in [0.05, 0.1) is 11.5 Å². The van der Waals surface area contributed by atoms with E-state index >= 15 is 0 Å². The molecule has 27 heavy (non-hydrogen) atoms. The Morgan fingerprint density at radius 2 is 2.07 bits per heavy atom. The lowest BCUT2D eigenvalue weighted by atomic mass is 9.86. The van der Waals surface area contributed by atoms with Gasteiger partial charge in [-0.25, -0.2) is 13.1 Å². The average Bonchev–Trinajstić information content (AvgIpc) is 3.43. The molecule has 1 spiro atoms. The second-order valence-electron chi connectivity index (χ2n) is 8.29. The van der Waals surface area contributed by atoms with Gasteiger partial charge in [-0.05, 0) is 55.2 Å². The maximum Gasteiger partial charge on any atom is 0.253 e. The molecule has 2 saturated heterocycles. The molecule has 1 amide bonds. The van der Waals surface area contributed by atoms with Crippen LogP contribution < -0.4 is 4.72 Å². The topological polar surface area (TPSA) is 75.7 Å². The van der Waals surface area contributed by atoms with Crippen LogP contribution in [0.4, 0.5) is 0 Å². The van der Waals surface area contributed by atoms with Gasteiger partial charge in [-0.3, -0.25) is 4.79 Å². The third-order valence-electron chi connectivity index (χ3n) is 6.37. The summed E-state index contributed by atoms with van der Waals surface area (Å²) >= 11 is 0. The van der Waals surface area contributed by atoms with E-state index in [1.54, 1.807) is 18.2 Å². The highest BCUT2D eigenvalue weighted by Crippen LogP contribution is 2.45. The van der Waals surface area contributed by atoms with Crippen LogP contribution in [-0.2, 0) is 14.8 Å². The van der Waals surface area contributed by atoms with Gasteiger partial charge in [0.15, 0.2) is 0 Å². The Balaban J connectivity index is 1.44. The number of ether oxygens (including phenoxy) is 1. The van der Waals surface area contributed by atoms with E-state index in [-0.39, 0.29) is 16.7 Å². The van der Waals surface area contributed by atoms with Crippen molar-refractivity contribution < 1.29 is 17.9 Å². The Morgan fingerprint density at radius 1 is 1.26 bits per heavy atom. The summed E-state index contributed by atoms with van der Waals surface area (Å²) in [6.07, 6.45) is 6.88. The van der Waals surface area contributed by atoms with E-state index in [0.717, 1.165) is 25.9 Å². The Bertz CT molecular complexity index is 796. The predicted molar refractivity (Wildman–Crippen MR) is 102 cm³/mol.